The number of carbonyl (C=O) groups is 1. The lowest BCUT2D eigenvalue weighted by Gasteiger charge is -2.11. The van der Waals surface area contributed by atoms with Gasteiger partial charge in [-0.1, -0.05) is 22.6 Å². The zero-order valence-corrected chi connectivity index (χ0v) is 7.80. The minimum absolute atomic E-state index is 0.261. The van der Waals surface area contributed by atoms with Gasteiger partial charge in [0.15, 0.2) is 0 Å². The van der Waals surface area contributed by atoms with Crippen LogP contribution in [0.25, 0.3) is 0 Å². The second-order valence-electron chi connectivity index (χ2n) is 3.15. The first-order valence-electron chi connectivity index (χ1n) is 3.71. The number of rotatable bonds is 0. The molecule has 10 heavy (non-hydrogen) atoms. The van der Waals surface area contributed by atoms with E-state index in [9.17, 15) is 4.79 Å². The van der Waals surface area contributed by atoms with Crippen LogP contribution < -0.4 is 5.32 Å². The lowest BCUT2D eigenvalue weighted by Crippen LogP contribution is -2.32. The van der Waals surface area contributed by atoms with Gasteiger partial charge in [0.25, 0.3) is 0 Å². The summed E-state index contributed by atoms with van der Waals surface area (Å²) in [5.74, 6) is 0.922. The second-order valence-corrected chi connectivity index (χ2v) is 4.75. The highest BCUT2D eigenvalue weighted by Crippen LogP contribution is 2.36. The van der Waals surface area contributed by atoms with Gasteiger partial charge in [-0.05, 0) is 18.8 Å². The molecule has 0 aromatic rings. The lowest BCUT2D eigenvalue weighted by molar-refractivity contribution is -0.119. The molecule has 1 amide bonds. The van der Waals surface area contributed by atoms with E-state index in [1.54, 1.807) is 0 Å². The van der Waals surface area contributed by atoms with Gasteiger partial charge in [0.05, 0.1) is 0 Å². The van der Waals surface area contributed by atoms with Crippen molar-refractivity contribution < 1.29 is 4.79 Å². The minimum Gasteiger partial charge on any atom is -0.352 e. The summed E-state index contributed by atoms with van der Waals surface area (Å²) >= 11 is 2.44. The molecule has 0 bridgehead atoms. The molecule has 1 aliphatic heterocycles. The summed E-state index contributed by atoms with van der Waals surface area (Å²) in [6.07, 6.45) is 3.32. The number of alkyl halides is 1. The zero-order valence-electron chi connectivity index (χ0n) is 5.64. The van der Waals surface area contributed by atoms with E-state index in [0.29, 0.717) is 15.9 Å². The molecule has 0 unspecified atom stereocenters. The SMILES string of the molecule is O=C1C[C@@H]2CC[C@@H](I)[C@H]2N1. The maximum atomic E-state index is 10.9. The fraction of sp³-hybridized carbons (Fsp3) is 0.857. The molecule has 0 aromatic heterocycles. The molecule has 0 aromatic carbocycles. The van der Waals surface area contributed by atoms with Gasteiger partial charge in [0.1, 0.15) is 0 Å². The number of fused-ring (bicyclic) bond motifs is 1. The molecular formula is C7H10INO. The van der Waals surface area contributed by atoms with Crippen LogP contribution in [0.3, 0.4) is 0 Å². The highest BCUT2D eigenvalue weighted by atomic mass is 127. The minimum atomic E-state index is 0.261. The van der Waals surface area contributed by atoms with Crippen LogP contribution in [0.5, 0.6) is 0 Å². The van der Waals surface area contributed by atoms with Crippen molar-refractivity contribution in [2.24, 2.45) is 5.92 Å². The molecule has 3 atom stereocenters. The largest absolute Gasteiger partial charge is 0.352 e. The number of hydrogen-bond acceptors (Lipinski definition) is 1. The number of carbonyl (C=O) groups excluding carboxylic acids is 1. The summed E-state index contributed by atoms with van der Waals surface area (Å²) in [4.78, 5) is 10.9. The van der Waals surface area contributed by atoms with E-state index in [2.05, 4.69) is 27.9 Å². The predicted molar refractivity (Wildman–Crippen MR) is 47.1 cm³/mol. The molecule has 1 saturated heterocycles. The summed E-state index contributed by atoms with van der Waals surface area (Å²) in [5, 5.41) is 3.02. The van der Waals surface area contributed by atoms with Crippen LogP contribution in [-0.2, 0) is 4.79 Å². The fourth-order valence-corrected chi connectivity index (χ4v) is 3.07. The number of nitrogens with one attached hydrogen (secondary N) is 1. The van der Waals surface area contributed by atoms with Crippen molar-refractivity contribution in [3.05, 3.63) is 0 Å². The molecule has 56 valence electrons. The zero-order chi connectivity index (χ0) is 7.14. The van der Waals surface area contributed by atoms with Crippen LogP contribution in [0.2, 0.25) is 0 Å². The molecule has 1 saturated carbocycles. The van der Waals surface area contributed by atoms with Gasteiger partial charge in [0.2, 0.25) is 5.91 Å². The Morgan fingerprint density at radius 2 is 2.30 bits per heavy atom. The van der Waals surface area contributed by atoms with Crippen LogP contribution in [0.4, 0.5) is 0 Å². The average Bonchev–Trinajstić information content (AvgIpc) is 2.35. The number of halogens is 1. The molecule has 1 aliphatic carbocycles. The van der Waals surface area contributed by atoms with Gasteiger partial charge in [-0.15, -0.1) is 0 Å². The van der Waals surface area contributed by atoms with E-state index in [1.807, 2.05) is 0 Å². The topological polar surface area (TPSA) is 29.1 Å². The van der Waals surface area contributed by atoms with Crippen molar-refractivity contribution in [1.82, 2.24) is 5.32 Å². The Labute approximate surface area is 73.9 Å². The summed E-state index contributed by atoms with van der Waals surface area (Å²) in [5.41, 5.74) is 0. The van der Waals surface area contributed by atoms with Gasteiger partial charge in [0, 0.05) is 16.4 Å². The molecule has 2 aliphatic rings. The summed E-state index contributed by atoms with van der Waals surface area (Å²) in [7, 11) is 0. The fourth-order valence-electron chi connectivity index (χ4n) is 1.95. The molecular weight excluding hydrogens is 241 g/mol. The normalized spacial score (nSPS) is 45.3. The van der Waals surface area contributed by atoms with Crippen molar-refractivity contribution >= 4 is 28.5 Å². The van der Waals surface area contributed by atoms with E-state index in [4.69, 9.17) is 0 Å². The lowest BCUT2D eigenvalue weighted by atomic mass is 10.1. The Morgan fingerprint density at radius 1 is 1.50 bits per heavy atom. The quantitative estimate of drug-likeness (QED) is 0.506. The van der Waals surface area contributed by atoms with Crippen molar-refractivity contribution in [3.63, 3.8) is 0 Å². The second kappa shape index (κ2) is 2.36. The number of amides is 1. The summed E-state index contributed by atoms with van der Waals surface area (Å²) in [6.45, 7) is 0. The first-order chi connectivity index (χ1) is 4.77. The van der Waals surface area contributed by atoms with E-state index < -0.39 is 0 Å². The molecule has 2 nitrogen and oxygen atoms in total. The Kier molecular flexibility index (Phi) is 1.62. The molecule has 3 heteroatoms. The average molecular weight is 251 g/mol. The van der Waals surface area contributed by atoms with Crippen molar-refractivity contribution in [2.75, 3.05) is 0 Å². The first-order valence-corrected chi connectivity index (χ1v) is 4.95. The third-order valence-corrected chi connectivity index (χ3v) is 3.88. The van der Waals surface area contributed by atoms with Crippen LogP contribution in [0.1, 0.15) is 19.3 Å². The van der Waals surface area contributed by atoms with E-state index in [-0.39, 0.29) is 5.91 Å². The van der Waals surface area contributed by atoms with Crippen LogP contribution in [-0.4, -0.2) is 15.9 Å². The van der Waals surface area contributed by atoms with Gasteiger partial charge in [-0.25, -0.2) is 0 Å². The van der Waals surface area contributed by atoms with Gasteiger partial charge in [-0.2, -0.15) is 0 Å². The first kappa shape index (κ1) is 6.88. The maximum absolute atomic E-state index is 10.9. The van der Waals surface area contributed by atoms with Crippen LogP contribution in [0.15, 0.2) is 0 Å². The van der Waals surface area contributed by atoms with Crippen molar-refractivity contribution in [2.45, 2.75) is 29.2 Å². The van der Waals surface area contributed by atoms with Gasteiger partial charge in [-0.3, -0.25) is 4.79 Å². The summed E-state index contributed by atoms with van der Waals surface area (Å²) in [6, 6.07) is 0.507. The van der Waals surface area contributed by atoms with Crippen LogP contribution >= 0.6 is 22.6 Å². The van der Waals surface area contributed by atoms with Gasteiger partial charge >= 0.3 is 0 Å². The smallest absolute Gasteiger partial charge is 0.220 e. The molecule has 0 radical (unpaired) electrons. The van der Waals surface area contributed by atoms with Crippen molar-refractivity contribution in [3.8, 4) is 0 Å². The molecule has 0 spiro atoms. The highest BCUT2D eigenvalue weighted by Gasteiger charge is 2.41. The third-order valence-electron chi connectivity index (χ3n) is 2.49. The molecule has 2 fully saturated rings. The Hall–Kier alpha value is 0.200. The Balaban J connectivity index is 2.12. The highest BCUT2D eigenvalue weighted by molar-refractivity contribution is 14.1. The van der Waals surface area contributed by atoms with Crippen LogP contribution in [0, 0.1) is 5.92 Å². The monoisotopic (exact) mass is 251 g/mol. The molecule has 1 heterocycles. The van der Waals surface area contributed by atoms with E-state index in [1.165, 1.54) is 12.8 Å². The Bertz CT molecular complexity index is 171. The standard InChI is InChI=1S/C7H10INO/c8-5-2-1-4-3-6(10)9-7(4)5/h4-5,7H,1-3H2,(H,9,10)/t4-,5+,7-/m0/s1. The predicted octanol–water partition coefficient (Wildman–Crippen LogP) is 1.09. The molecule has 2 rings (SSSR count). The van der Waals surface area contributed by atoms with Crippen molar-refractivity contribution in [1.29, 1.82) is 0 Å². The Morgan fingerprint density at radius 3 is 3.00 bits per heavy atom. The van der Waals surface area contributed by atoms with E-state index >= 15 is 0 Å². The molecule has 1 N–H and O–H groups in total. The summed E-state index contributed by atoms with van der Waals surface area (Å²) < 4.78 is 0.689. The third kappa shape index (κ3) is 0.946. The number of hydrogen-bond donors (Lipinski definition) is 1. The maximum Gasteiger partial charge on any atom is 0.220 e. The van der Waals surface area contributed by atoms with Gasteiger partial charge < -0.3 is 5.32 Å². The van der Waals surface area contributed by atoms with E-state index in [0.717, 1.165) is 6.42 Å².